The summed E-state index contributed by atoms with van der Waals surface area (Å²) in [6.45, 7) is 7.71. The van der Waals surface area contributed by atoms with Crippen LogP contribution in [0.5, 0.6) is 0 Å². The van der Waals surface area contributed by atoms with Crippen LogP contribution in [0.15, 0.2) is 12.4 Å². The van der Waals surface area contributed by atoms with Crippen LogP contribution in [-0.2, 0) is 7.05 Å². The first-order chi connectivity index (χ1) is 8.24. The maximum absolute atomic E-state index is 4.51. The fourth-order valence-corrected chi connectivity index (χ4v) is 2.44. The van der Waals surface area contributed by atoms with E-state index in [-0.39, 0.29) is 0 Å². The van der Waals surface area contributed by atoms with E-state index in [9.17, 15) is 0 Å². The summed E-state index contributed by atoms with van der Waals surface area (Å²) in [6, 6.07) is 0.400. The molecule has 2 unspecified atom stereocenters. The van der Waals surface area contributed by atoms with Crippen LogP contribution < -0.4 is 5.32 Å². The molecular formula is C14H27N3. The maximum atomic E-state index is 4.51. The second kappa shape index (κ2) is 7.49. The van der Waals surface area contributed by atoms with Gasteiger partial charge in [0.25, 0.3) is 0 Å². The van der Waals surface area contributed by atoms with Crippen LogP contribution in [0.25, 0.3) is 0 Å². The Morgan fingerprint density at radius 3 is 2.59 bits per heavy atom. The first kappa shape index (κ1) is 14.2. The van der Waals surface area contributed by atoms with Gasteiger partial charge in [0.05, 0.1) is 6.04 Å². The Bertz CT molecular complexity index is 306. The molecule has 0 spiro atoms. The number of unbranched alkanes of at least 4 members (excludes halogenated alkanes) is 1. The maximum Gasteiger partial charge on any atom is 0.125 e. The van der Waals surface area contributed by atoms with Gasteiger partial charge < -0.3 is 9.88 Å². The van der Waals surface area contributed by atoms with Crippen LogP contribution >= 0.6 is 0 Å². The lowest BCUT2D eigenvalue weighted by Gasteiger charge is -2.26. The average molecular weight is 237 g/mol. The summed E-state index contributed by atoms with van der Waals surface area (Å²) in [6.07, 6.45) is 9.02. The molecule has 1 aromatic heterocycles. The molecule has 0 aliphatic carbocycles. The van der Waals surface area contributed by atoms with Gasteiger partial charge in [0.2, 0.25) is 0 Å². The molecular weight excluding hydrogens is 210 g/mol. The summed E-state index contributed by atoms with van der Waals surface area (Å²) in [4.78, 5) is 4.51. The number of rotatable bonds is 8. The summed E-state index contributed by atoms with van der Waals surface area (Å²) in [5, 5.41) is 3.60. The highest BCUT2D eigenvalue weighted by atomic mass is 15.1. The molecule has 1 rings (SSSR count). The minimum atomic E-state index is 0.400. The molecule has 0 saturated heterocycles. The first-order valence-corrected chi connectivity index (χ1v) is 6.95. The number of nitrogens with one attached hydrogen (secondary N) is 1. The standard InChI is InChI=1S/C14H27N3/c1-5-8-9-12(6-2)13(15-7-3)14-16-10-11-17(14)4/h10-13,15H,5-9H2,1-4H3. The number of aromatic nitrogens is 2. The lowest BCUT2D eigenvalue weighted by molar-refractivity contribution is 0.311. The van der Waals surface area contributed by atoms with Crippen LogP contribution in [0, 0.1) is 5.92 Å². The number of hydrogen-bond acceptors (Lipinski definition) is 2. The van der Waals surface area contributed by atoms with Crippen molar-refractivity contribution >= 4 is 0 Å². The molecule has 1 N–H and O–H groups in total. The minimum absolute atomic E-state index is 0.400. The SMILES string of the molecule is CCCCC(CC)C(NCC)c1nccn1C. The predicted molar refractivity (Wildman–Crippen MR) is 72.9 cm³/mol. The van der Waals surface area contributed by atoms with Gasteiger partial charge in [-0.25, -0.2) is 4.98 Å². The van der Waals surface area contributed by atoms with Gasteiger partial charge in [0.1, 0.15) is 5.82 Å². The van der Waals surface area contributed by atoms with Gasteiger partial charge in [-0.1, -0.05) is 40.0 Å². The summed E-state index contributed by atoms with van der Waals surface area (Å²) in [7, 11) is 2.08. The Kier molecular flexibility index (Phi) is 6.27. The fourth-order valence-electron chi connectivity index (χ4n) is 2.44. The second-order valence-corrected chi connectivity index (χ2v) is 4.74. The molecule has 2 atom stereocenters. The van der Waals surface area contributed by atoms with Crippen molar-refractivity contribution in [2.45, 2.75) is 52.5 Å². The van der Waals surface area contributed by atoms with Gasteiger partial charge in [0.15, 0.2) is 0 Å². The van der Waals surface area contributed by atoms with Crippen molar-refractivity contribution in [3.63, 3.8) is 0 Å². The van der Waals surface area contributed by atoms with Gasteiger partial charge >= 0.3 is 0 Å². The molecule has 1 heterocycles. The van der Waals surface area contributed by atoms with E-state index < -0.39 is 0 Å². The van der Waals surface area contributed by atoms with Gasteiger partial charge in [0, 0.05) is 19.4 Å². The highest BCUT2D eigenvalue weighted by Crippen LogP contribution is 2.27. The number of aryl methyl sites for hydroxylation is 1. The molecule has 1 aromatic rings. The van der Waals surface area contributed by atoms with Crippen LogP contribution in [0.4, 0.5) is 0 Å². The van der Waals surface area contributed by atoms with Crippen LogP contribution in [0.3, 0.4) is 0 Å². The summed E-state index contributed by atoms with van der Waals surface area (Å²) < 4.78 is 2.14. The third-order valence-corrected chi connectivity index (χ3v) is 3.48. The molecule has 0 amide bonds. The zero-order valence-electron chi connectivity index (χ0n) is 11.7. The van der Waals surface area contributed by atoms with Crippen molar-refractivity contribution in [1.29, 1.82) is 0 Å². The molecule has 17 heavy (non-hydrogen) atoms. The van der Waals surface area contributed by atoms with Crippen molar-refractivity contribution in [1.82, 2.24) is 14.9 Å². The van der Waals surface area contributed by atoms with Gasteiger partial charge in [-0.15, -0.1) is 0 Å². The van der Waals surface area contributed by atoms with Crippen molar-refractivity contribution in [3.05, 3.63) is 18.2 Å². The fraction of sp³-hybridized carbons (Fsp3) is 0.786. The van der Waals surface area contributed by atoms with E-state index in [0.29, 0.717) is 12.0 Å². The van der Waals surface area contributed by atoms with Crippen LogP contribution in [-0.4, -0.2) is 16.1 Å². The molecule has 0 fully saturated rings. The minimum Gasteiger partial charge on any atom is -0.337 e. The van der Waals surface area contributed by atoms with Crippen molar-refractivity contribution < 1.29 is 0 Å². The van der Waals surface area contributed by atoms with Gasteiger partial charge in [-0.2, -0.15) is 0 Å². The molecule has 0 aliphatic rings. The second-order valence-electron chi connectivity index (χ2n) is 4.74. The quantitative estimate of drug-likeness (QED) is 0.752. The van der Waals surface area contributed by atoms with E-state index in [1.165, 1.54) is 31.5 Å². The Hall–Kier alpha value is -0.830. The number of nitrogens with zero attached hydrogens (tertiary/aromatic N) is 2. The third kappa shape index (κ3) is 3.84. The molecule has 0 saturated carbocycles. The third-order valence-electron chi connectivity index (χ3n) is 3.48. The highest BCUT2D eigenvalue weighted by Gasteiger charge is 2.23. The van der Waals surface area contributed by atoms with E-state index >= 15 is 0 Å². The first-order valence-electron chi connectivity index (χ1n) is 6.95. The number of imidazole rings is 1. The van der Waals surface area contributed by atoms with E-state index in [1.807, 2.05) is 12.4 Å². The Balaban J connectivity index is 2.79. The molecule has 0 bridgehead atoms. The van der Waals surface area contributed by atoms with Gasteiger partial charge in [-0.3, -0.25) is 0 Å². The summed E-state index contributed by atoms with van der Waals surface area (Å²) in [5.74, 6) is 1.87. The topological polar surface area (TPSA) is 29.9 Å². The van der Waals surface area contributed by atoms with Crippen molar-refractivity contribution in [3.8, 4) is 0 Å². The molecule has 0 aliphatic heterocycles. The monoisotopic (exact) mass is 237 g/mol. The Labute approximate surface area is 106 Å². The van der Waals surface area contributed by atoms with Crippen molar-refractivity contribution in [2.24, 2.45) is 13.0 Å². The normalized spacial score (nSPS) is 14.8. The molecule has 3 heteroatoms. The Morgan fingerprint density at radius 1 is 1.35 bits per heavy atom. The summed E-state index contributed by atoms with van der Waals surface area (Å²) >= 11 is 0. The van der Waals surface area contributed by atoms with E-state index in [4.69, 9.17) is 0 Å². The largest absolute Gasteiger partial charge is 0.337 e. The molecule has 3 nitrogen and oxygen atoms in total. The van der Waals surface area contributed by atoms with Crippen LogP contribution in [0.1, 0.15) is 58.3 Å². The molecule has 98 valence electrons. The predicted octanol–water partition coefficient (Wildman–Crippen LogP) is 3.29. The smallest absolute Gasteiger partial charge is 0.125 e. The zero-order chi connectivity index (χ0) is 12.7. The average Bonchev–Trinajstić information content (AvgIpc) is 2.75. The summed E-state index contributed by atoms with van der Waals surface area (Å²) in [5.41, 5.74) is 0. The lowest BCUT2D eigenvalue weighted by atomic mass is 9.90. The molecule has 0 radical (unpaired) electrons. The van der Waals surface area contributed by atoms with E-state index in [1.54, 1.807) is 0 Å². The van der Waals surface area contributed by atoms with E-state index in [2.05, 4.69) is 42.7 Å². The van der Waals surface area contributed by atoms with Crippen LogP contribution in [0.2, 0.25) is 0 Å². The van der Waals surface area contributed by atoms with Crippen molar-refractivity contribution in [2.75, 3.05) is 6.54 Å². The Morgan fingerprint density at radius 2 is 2.12 bits per heavy atom. The lowest BCUT2D eigenvalue weighted by Crippen LogP contribution is -2.30. The number of hydrogen-bond donors (Lipinski definition) is 1. The highest BCUT2D eigenvalue weighted by molar-refractivity contribution is 5.01. The van der Waals surface area contributed by atoms with Gasteiger partial charge in [-0.05, 0) is 18.9 Å². The molecule has 0 aromatic carbocycles. The zero-order valence-corrected chi connectivity index (χ0v) is 11.7. The van der Waals surface area contributed by atoms with E-state index in [0.717, 1.165) is 6.54 Å².